The van der Waals surface area contributed by atoms with Crippen LogP contribution in [0.2, 0.25) is 0 Å². The second kappa shape index (κ2) is 9.69. The standard InChI is InChI=1S/C25H30N2O3S/c1-2-23(28)27(20-13-15-26(16-14-20)19-11-7-4-8-12-19)21-17-22(31-24(21)25(29)30)18-9-5-3-6-10-18/h4,7-9,11-12,17,20H,2-3,5-6,10,13-16H2,1H3,(H,29,30). The SMILES string of the molecule is CCC(=O)N(c1cc(C2=CCCCC2)sc1C(=O)O)C1CCN(c2ccccc2)CC1. The number of hydrogen-bond donors (Lipinski definition) is 1. The number of carbonyl (C=O) groups excluding carboxylic acids is 1. The molecule has 31 heavy (non-hydrogen) atoms. The smallest absolute Gasteiger partial charge is 0.348 e. The number of benzene rings is 1. The van der Waals surface area contributed by atoms with Crippen molar-refractivity contribution >= 4 is 40.2 Å². The van der Waals surface area contributed by atoms with Crippen LogP contribution >= 0.6 is 11.3 Å². The molecule has 1 fully saturated rings. The monoisotopic (exact) mass is 438 g/mol. The Bertz CT molecular complexity index is 958. The number of para-hydroxylation sites is 1. The zero-order valence-corrected chi connectivity index (χ0v) is 18.9. The van der Waals surface area contributed by atoms with Crippen molar-refractivity contribution in [3.8, 4) is 0 Å². The van der Waals surface area contributed by atoms with Crippen LogP contribution in [0.1, 0.15) is 66.4 Å². The molecule has 0 spiro atoms. The highest BCUT2D eigenvalue weighted by Crippen LogP contribution is 2.40. The molecule has 0 bridgehead atoms. The summed E-state index contributed by atoms with van der Waals surface area (Å²) in [7, 11) is 0. The average Bonchev–Trinajstić information content (AvgIpc) is 3.26. The van der Waals surface area contributed by atoms with Crippen molar-refractivity contribution in [1.82, 2.24) is 0 Å². The minimum absolute atomic E-state index is 0.00244. The van der Waals surface area contributed by atoms with Crippen LogP contribution < -0.4 is 9.80 Å². The first-order valence-electron chi connectivity index (χ1n) is 11.3. The van der Waals surface area contributed by atoms with Gasteiger partial charge in [-0.15, -0.1) is 11.3 Å². The van der Waals surface area contributed by atoms with Gasteiger partial charge in [0.15, 0.2) is 0 Å². The van der Waals surface area contributed by atoms with Crippen LogP contribution in [0.15, 0.2) is 42.5 Å². The number of thiophene rings is 1. The summed E-state index contributed by atoms with van der Waals surface area (Å²) < 4.78 is 0. The maximum atomic E-state index is 13.0. The number of allylic oxidation sites excluding steroid dienone is 2. The molecule has 1 amide bonds. The van der Waals surface area contributed by atoms with Crippen LogP contribution in [0, 0.1) is 0 Å². The number of amides is 1. The van der Waals surface area contributed by atoms with Gasteiger partial charge in [-0.1, -0.05) is 31.2 Å². The van der Waals surface area contributed by atoms with Gasteiger partial charge in [-0.2, -0.15) is 0 Å². The number of carboxylic acid groups (broad SMARTS) is 1. The highest BCUT2D eigenvalue weighted by atomic mass is 32.1. The molecule has 1 aromatic heterocycles. The van der Waals surface area contributed by atoms with Gasteiger partial charge in [0, 0.05) is 36.1 Å². The van der Waals surface area contributed by atoms with Crippen LogP contribution in [0.4, 0.5) is 11.4 Å². The van der Waals surface area contributed by atoms with Crippen LogP contribution in [0.5, 0.6) is 0 Å². The van der Waals surface area contributed by atoms with Crippen molar-refractivity contribution in [3.05, 3.63) is 52.2 Å². The van der Waals surface area contributed by atoms with E-state index < -0.39 is 5.97 Å². The predicted octanol–water partition coefficient (Wildman–Crippen LogP) is 5.82. The summed E-state index contributed by atoms with van der Waals surface area (Å²) >= 11 is 1.32. The van der Waals surface area contributed by atoms with Gasteiger partial charge in [0.25, 0.3) is 0 Å². The molecule has 2 heterocycles. The lowest BCUT2D eigenvalue weighted by Gasteiger charge is -2.39. The predicted molar refractivity (Wildman–Crippen MR) is 127 cm³/mol. The molecule has 1 saturated heterocycles. The largest absolute Gasteiger partial charge is 0.477 e. The fourth-order valence-corrected chi connectivity index (χ4v) is 5.72. The van der Waals surface area contributed by atoms with E-state index in [9.17, 15) is 14.7 Å². The molecule has 0 radical (unpaired) electrons. The van der Waals surface area contributed by atoms with Crippen LogP contribution in [-0.2, 0) is 4.79 Å². The van der Waals surface area contributed by atoms with Gasteiger partial charge in [0.05, 0.1) is 5.69 Å². The Morgan fingerprint density at radius 2 is 1.90 bits per heavy atom. The molecule has 1 aliphatic carbocycles. The number of piperidine rings is 1. The zero-order chi connectivity index (χ0) is 21.8. The topological polar surface area (TPSA) is 60.9 Å². The van der Waals surface area contributed by atoms with Gasteiger partial charge in [-0.3, -0.25) is 4.79 Å². The molecule has 2 aromatic rings. The number of aromatic carboxylic acids is 1. The Labute approximate surface area is 188 Å². The number of carbonyl (C=O) groups is 2. The molecule has 0 saturated carbocycles. The molecule has 164 valence electrons. The average molecular weight is 439 g/mol. The molecule has 1 aromatic carbocycles. The minimum Gasteiger partial charge on any atom is -0.477 e. The van der Waals surface area contributed by atoms with Gasteiger partial charge in [-0.05, 0) is 62.3 Å². The van der Waals surface area contributed by atoms with E-state index >= 15 is 0 Å². The van der Waals surface area contributed by atoms with E-state index in [0.29, 0.717) is 12.1 Å². The highest BCUT2D eigenvalue weighted by Gasteiger charge is 2.33. The maximum Gasteiger partial charge on any atom is 0.348 e. The Morgan fingerprint density at radius 3 is 2.52 bits per heavy atom. The van der Waals surface area contributed by atoms with E-state index in [2.05, 4.69) is 23.1 Å². The van der Waals surface area contributed by atoms with Crippen molar-refractivity contribution in [2.45, 2.75) is 57.9 Å². The quantitative estimate of drug-likeness (QED) is 0.618. The third kappa shape index (κ3) is 4.69. The number of hydrogen-bond acceptors (Lipinski definition) is 4. The van der Waals surface area contributed by atoms with Crippen LogP contribution in [0.25, 0.3) is 5.57 Å². The van der Waals surface area contributed by atoms with E-state index in [1.165, 1.54) is 29.0 Å². The highest BCUT2D eigenvalue weighted by molar-refractivity contribution is 7.15. The molecule has 0 unspecified atom stereocenters. The van der Waals surface area contributed by atoms with E-state index in [-0.39, 0.29) is 16.8 Å². The summed E-state index contributed by atoms with van der Waals surface area (Å²) in [6.45, 7) is 3.56. The summed E-state index contributed by atoms with van der Waals surface area (Å²) in [5.74, 6) is -0.944. The molecule has 5 nitrogen and oxygen atoms in total. The van der Waals surface area contributed by atoms with E-state index in [4.69, 9.17) is 0 Å². The fraction of sp³-hybridized carbons (Fsp3) is 0.440. The van der Waals surface area contributed by atoms with E-state index in [1.54, 1.807) is 4.90 Å². The fourth-order valence-electron chi connectivity index (χ4n) is 4.66. The van der Waals surface area contributed by atoms with Gasteiger partial charge in [0.2, 0.25) is 5.91 Å². The number of anilines is 2. The molecule has 0 atom stereocenters. The minimum atomic E-state index is -0.946. The number of carboxylic acids is 1. The first kappa shape index (κ1) is 21.6. The van der Waals surface area contributed by atoms with Crippen LogP contribution in [-0.4, -0.2) is 36.1 Å². The molecule has 2 aliphatic rings. The normalized spacial score (nSPS) is 17.3. The summed E-state index contributed by atoms with van der Waals surface area (Å²) in [4.78, 5) is 30.6. The number of nitrogens with zero attached hydrogens (tertiary/aromatic N) is 2. The molecule has 4 rings (SSSR count). The van der Waals surface area contributed by atoms with Gasteiger partial charge < -0.3 is 14.9 Å². The second-order valence-corrected chi connectivity index (χ2v) is 9.33. The van der Waals surface area contributed by atoms with Crippen LogP contribution in [0.3, 0.4) is 0 Å². The van der Waals surface area contributed by atoms with Gasteiger partial charge in [0.1, 0.15) is 4.88 Å². The zero-order valence-electron chi connectivity index (χ0n) is 18.0. The lowest BCUT2D eigenvalue weighted by molar-refractivity contribution is -0.118. The van der Waals surface area contributed by atoms with Gasteiger partial charge >= 0.3 is 5.97 Å². The van der Waals surface area contributed by atoms with Crippen molar-refractivity contribution in [1.29, 1.82) is 0 Å². The first-order chi connectivity index (χ1) is 15.1. The molecule has 6 heteroatoms. The molecule has 1 aliphatic heterocycles. The lowest BCUT2D eigenvalue weighted by Crippen LogP contribution is -2.48. The Balaban J connectivity index is 1.61. The summed E-state index contributed by atoms with van der Waals surface area (Å²) in [5.41, 5.74) is 3.01. The molecular formula is C25H30N2O3S. The van der Waals surface area contributed by atoms with Crippen molar-refractivity contribution in [2.75, 3.05) is 22.9 Å². The van der Waals surface area contributed by atoms with Crippen molar-refractivity contribution < 1.29 is 14.7 Å². The molecule has 1 N–H and O–H groups in total. The Morgan fingerprint density at radius 1 is 1.16 bits per heavy atom. The Hall–Kier alpha value is -2.60. The third-order valence-electron chi connectivity index (χ3n) is 6.30. The van der Waals surface area contributed by atoms with Crippen molar-refractivity contribution in [2.24, 2.45) is 0 Å². The van der Waals surface area contributed by atoms with Gasteiger partial charge in [-0.25, -0.2) is 4.79 Å². The number of rotatable bonds is 6. The van der Waals surface area contributed by atoms with E-state index in [1.807, 2.05) is 31.2 Å². The lowest BCUT2D eigenvalue weighted by atomic mass is 9.98. The summed E-state index contributed by atoms with van der Waals surface area (Å²) in [5, 5.41) is 9.91. The Kier molecular flexibility index (Phi) is 6.76. The molecular weight excluding hydrogens is 408 g/mol. The first-order valence-corrected chi connectivity index (χ1v) is 12.1. The van der Waals surface area contributed by atoms with E-state index in [0.717, 1.165) is 50.1 Å². The van der Waals surface area contributed by atoms with Crippen molar-refractivity contribution in [3.63, 3.8) is 0 Å². The third-order valence-corrected chi connectivity index (χ3v) is 7.48. The second-order valence-electron chi connectivity index (χ2n) is 8.28. The summed E-state index contributed by atoms with van der Waals surface area (Å²) in [6, 6.07) is 12.3. The summed E-state index contributed by atoms with van der Waals surface area (Å²) in [6.07, 6.45) is 8.60. The maximum absolute atomic E-state index is 13.0.